The Kier molecular flexibility index (Phi) is 6.32. The van der Waals surface area contributed by atoms with Gasteiger partial charge in [0, 0.05) is 23.5 Å². The van der Waals surface area contributed by atoms with E-state index in [0.717, 1.165) is 17.7 Å². The van der Waals surface area contributed by atoms with Gasteiger partial charge in [0.05, 0.1) is 5.69 Å². The van der Waals surface area contributed by atoms with Crippen LogP contribution in [0.1, 0.15) is 64.1 Å². The molecule has 1 aromatic rings. The van der Waals surface area contributed by atoms with Crippen molar-refractivity contribution in [3.63, 3.8) is 0 Å². The molecule has 1 aromatic heterocycles. The van der Waals surface area contributed by atoms with E-state index in [2.05, 4.69) is 51.4 Å². The quantitative estimate of drug-likeness (QED) is 0.468. The number of nitrogens with zero attached hydrogens (tertiary/aromatic N) is 2. The van der Waals surface area contributed by atoms with Crippen LogP contribution in [0.2, 0.25) is 0 Å². The lowest BCUT2D eigenvalue weighted by molar-refractivity contribution is 0.631. The summed E-state index contributed by atoms with van der Waals surface area (Å²) in [5, 5.41) is 0. The highest BCUT2D eigenvalue weighted by atomic mass is 14.8. The molecule has 2 rings (SSSR count). The van der Waals surface area contributed by atoms with E-state index in [1.54, 1.807) is 0 Å². The fraction of sp³-hybridized carbons (Fsp3) is 0.524. The van der Waals surface area contributed by atoms with Crippen LogP contribution in [0.25, 0.3) is 5.57 Å². The molecule has 1 unspecified atom stereocenters. The van der Waals surface area contributed by atoms with E-state index in [1.165, 1.54) is 42.7 Å². The summed E-state index contributed by atoms with van der Waals surface area (Å²) in [5.41, 5.74) is 5.52. The van der Waals surface area contributed by atoms with Crippen LogP contribution in [-0.4, -0.2) is 10.7 Å². The average Bonchev–Trinajstić information content (AvgIpc) is 3.08. The van der Waals surface area contributed by atoms with Gasteiger partial charge in [0.2, 0.25) is 0 Å². The van der Waals surface area contributed by atoms with E-state index in [1.807, 2.05) is 12.3 Å². The highest BCUT2D eigenvalue weighted by Crippen LogP contribution is 2.33. The second-order valence-corrected chi connectivity index (χ2v) is 6.86. The highest BCUT2D eigenvalue weighted by molar-refractivity contribution is 5.85. The van der Waals surface area contributed by atoms with Gasteiger partial charge in [-0.1, -0.05) is 39.3 Å². The van der Waals surface area contributed by atoms with Crippen molar-refractivity contribution in [3.05, 3.63) is 47.9 Å². The number of rotatable bonds is 6. The second-order valence-electron chi connectivity index (χ2n) is 6.86. The number of aromatic nitrogens is 1. The van der Waals surface area contributed by atoms with Crippen LogP contribution in [0.3, 0.4) is 0 Å². The molecule has 23 heavy (non-hydrogen) atoms. The molecule has 124 valence electrons. The lowest BCUT2D eigenvalue weighted by Gasteiger charge is -2.15. The van der Waals surface area contributed by atoms with Crippen LogP contribution in [0.15, 0.2) is 41.7 Å². The largest absolute Gasteiger partial charge is 0.262 e. The van der Waals surface area contributed by atoms with Gasteiger partial charge in [-0.3, -0.25) is 9.98 Å². The van der Waals surface area contributed by atoms with Crippen molar-refractivity contribution in [1.29, 1.82) is 0 Å². The topological polar surface area (TPSA) is 25.2 Å². The molecule has 1 fully saturated rings. The molecule has 1 atom stereocenters. The summed E-state index contributed by atoms with van der Waals surface area (Å²) in [4.78, 5) is 9.50. The molecule has 0 spiro atoms. The molecule has 2 nitrogen and oxygen atoms in total. The molecule has 0 amide bonds. The highest BCUT2D eigenvalue weighted by Gasteiger charge is 2.20. The molecule has 1 aliphatic carbocycles. The van der Waals surface area contributed by atoms with E-state index in [-0.39, 0.29) is 0 Å². The first kappa shape index (κ1) is 17.7. The molecule has 1 aliphatic rings. The Morgan fingerprint density at radius 1 is 1.39 bits per heavy atom. The van der Waals surface area contributed by atoms with Crippen molar-refractivity contribution in [2.24, 2.45) is 16.8 Å². The van der Waals surface area contributed by atoms with Gasteiger partial charge in [0.25, 0.3) is 0 Å². The summed E-state index contributed by atoms with van der Waals surface area (Å²) in [6.07, 6.45) is 10.3. The molecule has 2 heteroatoms. The van der Waals surface area contributed by atoms with Crippen molar-refractivity contribution in [3.8, 4) is 0 Å². The van der Waals surface area contributed by atoms with E-state index >= 15 is 0 Å². The summed E-state index contributed by atoms with van der Waals surface area (Å²) >= 11 is 0. The fourth-order valence-electron chi connectivity index (χ4n) is 2.98. The van der Waals surface area contributed by atoms with Gasteiger partial charge in [0.15, 0.2) is 0 Å². The van der Waals surface area contributed by atoms with Crippen LogP contribution in [-0.2, 0) is 0 Å². The van der Waals surface area contributed by atoms with E-state index in [0.29, 0.717) is 11.8 Å². The Hall–Kier alpha value is -1.70. The minimum Gasteiger partial charge on any atom is -0.262 e. The third-order valence-corrected chi connectivity index (χ3v) is 4.97. The van der Waals surface area contributed by atoms with Crippen LogP contribution in [0.4, 0.5) is 0 Å². The maximum absolute atomic E-state index is 5.00. The Labute approximate surface area is 141 Å². The summed E-state index contributed by atoms with van der Waals surface area (Å²) in [6.45, 7) is 12.9. The number of hydrogen-bond acceptors (Lipinski definition) is 2. The molecule has 0 aromatic carbocycles. The number of aryl methyl sites for hydroxylation is 1. The number of allylic oxidation sites excluding steroid dienone is 3. The SMILES string of the molecule is C=C(/C=C(\N=C(\C)C(C)CC)C1CCCC1)c1ccc(C)cn1. The monoisotopic (exact) mass is 310 g/mol. The normalized spacial score (nSPS) is 18.3. The number of pyridine rings is 1. The molecule has 0 aliphatic heterocycles. The van der Waals surface area contributed by atoms with Crippen molar-refractivity contribution in [2.75, 3.05) is 0 Å². The van der Waals surface area contributed by atoms with Gasteiger partial charge in [0.1, 0.15) is 0 Å². The second kappa shape index (κ2) is 8.24. The maximum atomic E-state index is 5.00. The molecule has 0 N–H and O–H groups in total. The fourth-order valence-corrected chi connectivity index (χ4v) is 2.98. The van der Waals surface area contributed by atoms with E-state index < -0.39 is 0 Å². The summed E-state index contributed by atoms with van der Waals surface area (Å²) < 4.78 is 0. The Balaban J connectivity index is 2.28. The zero-order valence-electron chi connectivity index (χ0n) is 15.1. The number of hydrogen-bond donors (Lipinski definition) is 0. The predicted molar refractivity (Wildman–Crippen MR) is 101 cm³/mol. The maximum Gasteiger partial charge on any atom is 0.0696 e. The first-order valence-corrected chi connectivity index (χ1v) is 8.90. The van der Waals surface area contributed by atoms with Crippen LogP contribution in [0.5, 0.6) is 0 Å². The average molecular weight is 310 g/mol. The minimum absolute atomic E-state index is 0.533. The molecule has 1 heterocycles. The molecule has 1 saturated carbocycles. The molecule has 0 bridgehead atoms. The Bertz CT molecular complexity index is 587. The van der Waals surface area contributed by atoms with Gasteiger partial charge >= 0.3 is 0 Å². The van der Waals surface area contributed by atoms with Crippen LogP contribution in [0, 0.1) is 18.8 Å². The summed E-state index contributed by atoms with van der Waals surface area (Å²) in [6, 6.07) is 4.13. The van der Waals surface area contributed by atoms with Crippen LogP contribution >= 0.6 is 0 Å². The van der Waals surface area contributed by atoms with Gasteiger partial charge < -0.3 is 0 Å². The van der Waals surface area contributed by atoms with Crippen molar-refractivity contribution >= 4 is 11.3 Å². The zero-order valence-corrected chi connectivity index (χ0v) is 15.1. The Morgan fingerprint density at radius 2 is 2.09 bits per heavy atom. The smallest absolute Gasteiger partial charge is 0.0696 e. The third kappa shape index (κ3) is 4.89. The molecular weight excluding hydrogens is 280 g/mol. The van der Waals surface area contributed by atoms with Gasteiger partial charge in [-0.05, 0) is 62.3 Å². The van der Waals surface area contributed by atoms with Crippen molar-refractivity contribution in [1.82, 2.24) is 4.98 Å². The van der Waals surface area contributed by atoms with Gasteiger partial charge in [-0.15, -0.1) is 0 Å². The lowest BCUT2D eigenvalue weighted by Crippen LogP contribution is -2.08. The van der Waals surface area contributed by atoms with Gasteiger partial charge in [-0.2, -0.15) is 0 Å². The molecule has 0 saturated heterocycles. The first-order chi connectivity index (χ1) is 11.0. The van der Waals surface area contributed by atoms with Gasteiger partial charge in [-0.25, -0.2) is 0 Å². The third-order valence-electron chi connectivity index (χ3n) is 4.97. The van der Waals surface area contributed by atoms with Crippen LogP contribution < -0.4 is 0 Å². The van der Waals surface area contributed by atoms with Crippen molar-refractivity contribution < 1.29 is 0 Å². The minimum atomic E-state index is 0.533. The first-order valence-electron chi connectivity index (χ1n) is 8.90. The van der Waals surface area contributed by atoms with E-state index in [4.69, 9.17) is 4.99 Å². The molecule has 0 radical (unpaired) electrons. The lowest BCUT2D eigenvalue weighted by atomic mass is 9.99. The van der Waals surface area contributed by atoms with E-state index in [9.17, 15) is 0 Å². The summed E-state index contributed by atoms with van der Waals surface area (Å²) in [7, 11) is 0. The molecular formula is C21H30N2. The number of aliphatic imine (C=N–C) groups is 1. The van der Waals surface area contributed by atoms with Crippen molar-refractivity contribution in [2.45, 2.75) is 59.8 Å². The zero-order chi connectivity index (χ0) is 16.8. The summed E-state index contributed by atoms with van der Waals surface area (Å²) in [5.74, 6) is 1.11. The standard InChI is InChI=1S/C21H30N2/c1-6-16(3)18(5)23-21(19-9-7-8-10-19)13-17(4)20-12-11-15(2)14-22-20/h11-14,16,19H,4,6-10H2,1-3,5H3/b21-13-,23-18-. The Morgan fingerprint density at radius 3 is 2.65 bits per heavy atom. The predicted octanol–water partition coefficient (Wildman–Crippen LogP) is 5.98.